The predicted molar refractivity (Wildman–Crippen MR) is 83.8 cm³/mol. The van der Waals surface area contributed by atoms with Crippen molar-refractivity contribution in [2.24, 2.45) is 0 Å². The number of carbonyl (C=O) groups excluding carboxylic acids is 1. The van der Waals surface area contributed by atoms with Crippen LogP contribution >= 0.6 is 0 Å². The zero-order valence-corrected chi connectivity index (χ0v) is 13.0. The van der Waals surface area contributed by atoms with E-state index < -0.39 is 0 Å². The summed E-state index contributed by atoms with van der Waals surface area (Å²) in [4.78, 5) is 15.8. The Morgan fingerprint density at radius 2 is 2.09 bits per heavy atom. The maximum atomic E-state index is 11.4. The molecule has 0 spiro atoms. The molecule has 0 saturated heterocycles. The van der Waals surface area contributed by atoms with Crippen LogP contribution in [-0.2, 0) is 11.2 Å². The summed E-state index contributed by atoms with van der Waals surface area (Å²) in [6.45, 7) is 6.05. The fourth-order valence-electron chi connectivity index (χ4n) is 2.44. The van der Waals surface area contributed by atoms with Gasteiger partial charge < -0.3 is 15.2 Å². The fraction of sp³-hybridized carbons (Fsp3) is 0.438. The number of aryl methyl sites for hydroxylation is 1. The lowest BCUT2D eigenvalue weighted by Crippen LogP contribution is -2.19. The Bertz CT molecular complexity index is 693. The van der Waals surface area contributed by atoms with Crippen LogP contribution in [0.1, 0.15) is 56.4 Å². The molecule has 116 valence electrons. The number of fused-ring (bicyclic) bond motifs is 1. The summed E-state index contributed by atoms with van der Waals surface area (Å²) in [5.41, 5.74) is 3.02. The van der Waals surface area contributed by atoms with E-state index in [9.17, 15) is 4.79 Å². The Morgan fingerprint density at radius 1 is 1.27 bits per heavy atom. The number of benzene rings is 1. The van der Waals surface area contributed by atoms with E-state index in [0.717, 1.165) is 29.2 Å². The van der Waals surface area contributed by atoms with Crippen LogP contribution in [0.5, 0.6) is 0 Å². The normalized spacial score (nSPS) is 15.4. The molecule has 3 rings (SSSR count). The highest BCUT2D eigenvalue weighted by Gasteiger charge is 2.18. The van der Waals surface area contributed by atoms with Gasteiger partial charge in [0.15, 0.2) is 5.82 Å². The van der Waals surface area contributed by atoms with Gasteiger partial charge in [0.25, 0.3) is 0 Å². The lowest BCUT2D eigenvalue weighted by atomic mass is 10.0. The maximum absolute atomic E-state index is 11.4. The van der Waals surface area contributed by atoms with Crippen molar-refractivity contribution < 1.29 is 9.32 Å². The molecule has 22 heavy (non-hydrogen) atoms. The molecule has 1 aromatic heterocycles. The Morgan fingerprint density at radius 3 is 2.82 bits per heavy atom. The SMILES string of the molecule is CC(C)c1noc(C(C)Nc2ccc3c(c2)CCC(=O)N3)n1. The first-order valence-electron chi connectivity index (χ1n) is 7.55. The Hall–Kier alpha value is -2.37. The van der Waals surface area contributed by atoms with Gasteiger partial charge in [-0.15, -0.1) is 0 Å². The van der Waals surface area contributed by atoms with E-state index in [1.165, 1.54) is 0 Å². The molecule has 1 aliphatic heterocycles. The van der Waals surface area contributed by atoms with Crippen LogP contribution < -0.4 is 10.6 Å². The highest BCUT2D eigenvalue weighted by atomic mass is 16.5. The number of aromatic nitrogens is 2. The van der Waals surface area contributed by atoms with Gasteiger partial charge in [-0.25, -0.2) is 0 Å². The average Bonchev–Trinajstić information content (AvgIpc) is 2.97. The first-order chi connectivity index (χ1) is 10.5. The minimum atomic E-state index is -0.0729. The van der Waals surface area contributed by atoms with Crippen LogP contribution in [-0.4, -0.2) is 16.0 Å². The summed E-state index contributed by atoms with van der Waals surface area (Å²) in [5, 5.41) is 10.2. The molecule has 1 amide bonds. The molecular formula is C16H20N4O2. The highest BCUT2D eigenvalue weighted by Crippen LogP contribution is 2.27. The first kappa shape index (κ1) is 14.6. The topological polar surface area (TPSA) is 80.0 Å². The second kappa shape index (κ2) is 5.79. The number of hydrogen-bond acceptors (Lipinski definition) is 5. The molecule has 2 N–H and O–H groups in total. The lowest BCUT2D eigenvalue weighted by molar-refractivity contribution is -0.116. The van der Waals surface area contributed by atoms with E-state index in [4.69, 9.17) is 4.52 Å². The van der Waals surface area contributed by atoms with Crippen LogP contribution in [0.2, 0.25) is 0 Å². The number of anilines is 2. The molecule has 0 bridgehead atoms. The second-order valence-corrected chi connectivity index (χ2v) is 5.93. The van der Waals surface area contributed by atoms with Crippen molar-refractivity contribution in [1.82, 2.24) is 10.1 Å². The summed E-state index contributed by atoms with van der Waals surface area (Å²) in [6.07, 6.45) is 1.30. The monoisotopic (exact) mass is 300 g/mol. The van der Waals surface area contributed by atoms with Crippen LogP contribution in [0.3, 0.4) is 0 Å². The maximum Gasteiger partial charge on any atom is 0.248 e. The summed E-state index contributed by atoms with van der Waals surface area (Å²) >= 11 is 0. The Balaban J connectivity index is 1.73. The van der Waals surface area contributed by atoms with Gasteiger partial charge in [-0.1, -0.05) is 19.0 Å². The van der Waals surface area contributed by atoms with Gasteiger partial charge in [0.1, 0.15) is 6.04 Å². The van der Waals surface area contributed by atoms with E-state index in [1.807, 2.05) is 32.9 Å². The molecule has 0 radical (unpaired) electrons. The molecule has 2 aromatic rings. The van der Waals surface area contributed by atoms with E-state index in [0.29, 0.717) is 12.3 Å². The summed E-state index contributed by atoms with van der Waals surface area (Å²) in [5.74, 6) is 1.62. The van der Waals surface area contributed by atoms with Crippen molar-refractivity contribution >= 4 is 17.3 Å². The third-order valence-corrected chi connectivity index (χ3v) is 3.73. The zero-order valence-electron chi connectivity index (χ0n) is 13.0. The minimum absolute atomic E-state index is 0.0729. The first-order valence-corrected chi connectivity index (χ1v) is 7.55. The van der Waals surface area contributed by atoms with Crippen LogP contribution in [0.25, 0.3) is 0 Å². The molecule has 2 heterocycles. The number of amides is 1. The molecule has 1 aromatic carbocycles. The van der Waals surface area contributed by atoms with Crippen molar-refractivity contribution in [1.29, 1.82) is 0 Å². The molecular weight excluding hydrogens is 280 g/mol. The summed E-state index contributed by atoms with van der Waals surface area (Å²) in [6, 6.07) is 5.86. The number of rotatable bonds is 4. The van der Waals surface area contributed by atoms with Crippen LogP contribution in [0.15, 0.2) is 22.7 Å². The van der Waals surface area contributed by atoms with Crippen molar-refractivity contribution in [3.05, 3.63) is 35.5 Å². The molecule has 0 fully saturated rings. The van der Waals surface area contributed by atoms with Crippen molar-refractivity contribution in [3.63, 3.8) is 0 Å². The van der Waals surface area contributed by atoms with E-state index in [2.05, 4.69) is 26.8 Å². The van der Waals surface area contributed by atoms with Gasteiger partial charge in [-0.2, -0.15) is 4.98 Å². The summed E-state index contributed by atoms with van der Waals surface area (Å²) < 4.78 is 5.31. The fourth-order valence-corrected chi connectivity index (χ4v) is 2.44. The Labute approximate surface area is 129 Å². The smallest absolute Gasteiger partial charge is 0.248 e. The quantitative estimate of drug-likeness (QED) is 0.906. The average molecular weight is 300 g/mol. The van der Waals surface area contributed by atoms with Gasteiger partial charge in [-0.3, -0.25) is 4.79 Å². The zero-order chi connectivity index (χ0) is 15.7. The van der Waals surface area contributed by atoms with Gasteiger partial charge in [0.2, 0.25) is 11.8 Å². The van der Waals surface area contributed by atoms with Gasteiger partial charge in [0.05, 0.1) is 0 Å². The molecule has 6 heteroatoms. The molecule has 0 aliphatic carbocycles. The minimum Gasteiger partial charge on any atom is -0.374 e. The van der Waals surface area contributed by atoms with Crippen molar-refractivity contribution in [3.8, 4) is 0 Å². The third kappa shape index (κ3) is 2.95. The molecule has 1 unspecified atom stereocenters. The molecule has 1 atom stereocenters. The second-order valence-electron chi connectivity index (χ2n) is 5.93. The number of nitrogens with zero attached hydrogens (tertiary/aromatic N) is 2. The summed E-state index contributed by atoms with van der Waals surface area (Å²) in [7, 11) is 0. The van der Waals surface area contributed by atoms with Crippen molar-refractivity contribution in [2.75, 3.05) is 10.6 Å². The molecule has 0 saturated carbocycles. The molecule has 1 aliphatic rings. The Kier molecular flexibility index (Phi) is 3.83. The van der Waals surface area contributed by atoms with Crippen molar-refractivity contribution in [2.45, 2.75) is 45.6 Å². The van der Waals surface area contributed by atoms with Gasteiger partial charge in [0, 0.05) is 23.7 Å². The number of hydrogen-bond donors (Lipinski definition) is 2. The largest absolute Gasteiger partial charge is 0.374 e. The molecule has 6 nitrogen and oxygen atoms in total. The van der Waals surface area contributed by atoms with E-state index in [1.54, 1.807) is 0 Å². The van der Waals surface area contributed by atoms with E-state index in [-0.39, 0.29) is 17.9 Å². The van der Waals surface area contributed by atoms with E-state index >= 15 is 0 Å². The highest BCUT2D eigenvalue weighted by molar-refractivity contribution is 5.94. The standard InChI is InChI=1S/C16H20N4O2/c1-9(2)15-19-16(22-20-15)10(3)17-12-5-6-13-11(8-12)4-7-14(21)18-13/h5-6,8-10,17H,4,7H2,1-3H3,(H,18,21). The number of carbonyl (C=O) groups is 1. The van der Waals surface area contributed by atoms with Crippen LogP contribution in [0, 0.1) is 0 Å². The van der Waals surface area contributed by atoms with Gasteiger partial charge >= 0.3 is 0 Å². The van der Waals surface area contributed by atoms with Crippen LogP contribution in [0.4, 0.5) is 11.4 Å². The predicted octanol–water partition coefficient (Wildman–Crippen LogP) is 3.25. The third-order valence-electron chi connectivity index (χ3n) is 3.73. The number of nitrogens with one attached hydrogen (secondary N) is 2. The van der Waals surface area contributed by atoms with Gasteiger partial charge in [-0.05, 0) is 37.1 Å². The lowest BCUT2D eigenvalue weighted by Gasteiger charge is -2.19.